The van der Waals surface area contributed by atoms with Crippen LogP contribution in [0, 0.1) is 5.92 Å². The number of rotatable bonds is 5. The Labute approximate surface area is 131 Å². The number of likely N-dealkylation sites (tertiary alicyclic amines) is 1. The molecule has 0 bridgehead atoms. The molecular formula is C17H24N2O3. The lowest BCUT2D eigenvalue weighted by molar-refractivity contribution is -0.143. The van der Waals surface area contributed by atoms with Crippen molar-refractivity contribution in [3.8, 4) is 0 Å². The fourth-order valence-corrected chi connectivity index (χ4v) is 2.87. The van der Waals surface area contributed by atoms with E-state index in [-0.39, 0.29) is 11.8 Å². The van der Waals surface area contributed by atoms with Crippen LogP contribution in [0.5, 0.6) is 0 Å². The summed E-state index contributed by atoms with van der Waals surface area (Å²) in [6.45, 7) is 6.07. The van der Waals surface area contributed by atoms with Crippen LogP contribution in [-0.2, 0) is 9.59 Å². The lowest BCUT2D eigenvalue weighted by Crippen LogP contribution is -2.44. The van der Waals surface area contributed by atoms with Crippen molar-refractivity contribution >= 4 is 11.9 Å². The molecule has 1 aliphatic heterocycles. The Kier molecular flexibility index (Phi) is 5.55. The first-order valence-corrected chi connectivity index (χ1v) is 7.81. The van der Waals surface area contributed by atoms with E-state index in [1.165, 1.54) is 0 Å². The van der Waals surface area contributed by atoms with Gasteiger partial charge in [0, 0.05) is 12.0 Å². The average molecular weight is 304 g/mol. The van der Waals surface area contributed by atoms with Crippen LogP contribution in [0.2, 0.25) is 0 Å². The number of carboxylic acids is 1. The largest absolute Gasteiger partial charge is 0.479 e. The van der Waals surface area contributed by atoms with Gasteiger partial charge in [-0.05, 0) is 45.3 Å². The molecule has 0 unspecified atom stereocenters. The molecule has 1 amide bonds. The zero-order chi connectivity index (χ0) is 16.1. The molecule has 1 aromatic rings. The number of benzene rings is 1. The van der Waals surface area contributed by atoms with Gasteiger partial charge in [0.15, 0.2) is 6.04 Å². The maximum Gasteiger partial charge on any atom is 0.330 e. The number of aliphatic carboxylic acids is 1. The van der Waals surface area contributed by atoms with Gasteiger partial charge in [0.1, 0.15) is 0 Å². The van der Waals surface area contributed by atoms with Crippen LogP contribution < -0.4 is 5.32 Å². The summed E-state index contributed by atoms with van der Waals surface area (Å²) in [5, 5.41) is 12.1. The normalized spacial score (nSPS) is 18.1. The smallest absolute Gasteiger partial charge is 0.330 e. The van der Waals surface area contributed by atoms with Crippen molar-refractivity contribution in [2.75, 3.05) is 13.1 Å². The van der Waals surface area contributed by atoms with Crippen LogP contribution in [-0.4, -0.2) is 41.0 Å². The van der Waals surface area contributed by atoms with E-state index in [0.29, 0.717) is 11.6 Å². The van der Waals surface area contributed by atoms with Crippen LogP contribution in [0.25, 0.3) is 0 Å². The first kappa shape index (κ1) is 16.5. The van der Waals surface area contributed by atoms with Gasteiger partial charge in [0.25, 0.3) is 0 Å². The number of piperidine rings is 1. The SMILES string of the molecule is CC(C)N1CCC(C(=O)N[C@H](C(=O)O)c2ccccc2)CC1. The summed E-state index contributed by atoms with van der Waals surface area (Å²) >= 11 is 0. The van der Waals surface area contributed by atoms with Crippen molar-refractivity contribution < 1.29 is 14.7 Å². The summed E-state index contributed by atoms with van der Waals surface area (Å²) in [4.78, 5) is 26.1. The second kappa shape index (κ2) is 7.40. The molecule has 22 heavy (non-hydrogen) atoms. The van der Waals surface area contributed by atoms with Crippen molar-refractivity contribution in [2.24, 2.45) is 5.92 Å². The Bertz CT molecular complexity index is 508. The van der Waals surface area contributed by atoms with Crippen molar-refractivity contribution in [1.29, 1.82) is 0 Å². The highest BCUT2D eigenvalue weighted by atomic mass is 16.4. The van der Waals surface area contributed by atoms with Crippen LogP contribution in [0.15, 0.2) is 30.3 Å². The third-order valence-corrected chi connectivity index (χ3v) is 4.30. The number of carbonyl (C=O) groups is 2. The number of nitrogens with zero attached hydrogens (tertiary/aromatic N) is 1. The minimum absolute atomic E-state index is 0.0967. The Hall–Kier alpha value is -1.88. The third-order valence-electron chi connectivity index (χ3n) is 4.30. The Morgan fingerprint density at radius 2 is 1.77 bits per heavy atom. The molecule has 0 saturated carbocycles. The minimum atomic E-state index is -1.03. The predicted molar refractivity (Wildman–Crippen MR) is 84.4 cm³/mol. The number of hydrogen-bond donors (Lipinski definition) is 2. The molecule has 2 rings (SSSR count). The molecule has 1 atom stereocenters. The third kappa shape index (κ3) is 4.07. The summed E-state index contributed by atoms with van der Waals surface area (Å²) in [5.41, 5.74) is 0.600. The molecular weight excluding hydrogens is 280 g/mol. The van der Waals surface area contributed by atoms with E-state index in [1.54, 1.807) is 24.3 Å². The van der Waals surface area contributed by atoms with Crippen LogP contribution >= 0.6 is 0 Å². The second-order valence-electron chi connectivity index (χ2n) is 6.09. The molecule has 0 radical (unpaired) electrons. The van der Waals surface area contributed by atoms with Gasteiger partial charge < -0.3 is 15.3 Å². The van der Waals surface area contributed by atoms with E-state index in [9.17, 15) is 14.7 Å². The van der Waals surface area contributed by atoms with Gasteiger partial charge in [0.05, 0.1) is 0 Å². The second-order valence-corrected chi connectivity index (χ2v) is 6.09. The number of carboxylic acid groups (broad SMARTS) is 1. The Morgan fingerprint density at radius 3 is 2.27 bits per heavy atom. The average Bonchev–Trinajstić information content (AvgIpc) is 2.53. The van der Waals surface area contributed by atoms with Gasteiger partial charge in [-0.15, -0.1) is 0 Å². The van der Waals surface area contributed by atoms with Crippen LogP contribution in [0.4, 0.5) is 0 Å². The molecule has 5 heteroatoms. The molecule has 120 valence electrons. The maximum atomic E-state index is 12.4. The number of carbonyl (C=O) groups excluding carboxylic acids is 1. The summed E-state index contributed by atoms with van der Waals surface area (Å²) in [5.74, 6) is -1.28. The van der Waals surface area contributed by atoms with Crippen molar-refractivity contribution in [1.82, 2.24) is 10.2 Å². The summed E-state index contributed by atoms with van der Waals surface area (Å²) in [7, 11) is 0. The highest BCUT2D eigenvalue weighted by Crippen LogP contribution is 2.21. The highest BCUT2D eigenvalue weighted by Gasteiger charge is 2.29. The molecule has 1 aliphatic rings. The lowest BCUT2D eigenvalue weighted by Gasteiger charge is -2.34. The van der Waals surface area contributed by atoms with Crippen LogP contribution in [0.3, 0.4) is 0 Å². The molecule has 5 nitrogen and oxygen atoms in total. The zero-order valence-corrected chi connectivity index (χ0v) is 13.2. The quantitative estimate of drug-likeness (QED) is 0.873. The fourth-order valence-electron chi connectivity index (χ4n) is 2.87. The van der Waals surface area contributed by atoms with Gasteiger partial charge in [-0.2, -0.15) is 0 Å². The maximum absolute atomic E-state index is 12.4. The summed E-state index contributed by atoms with van der Waals surface area (Å²) < 4.78 is 0. The molecule has 1 heterocycles. The topological polar surface area (TPSA) is 69.6 Å². The number of hydrogen-bond acceptors (Lipinski definition) is 3. The van der Waals surface area contributed by atoms with E-state index in [0.717, 1.165) is 25.9 Å². The zero-order valence-electron chi connectivity index (χ0n) is 13.2. The molecule has 0 aliphatic carbocycles. The minimum Gasteiger partial charge on any atom is -0.479 e. The number of nitrogens with one attached hydrogen (secondary N) is 1. The molecule has 0 aromatic heterocycles. The van der Waals surface area contributed by atoms with Crippen molar-refractivity contribution in [3.05, 3.63) is 35.9 Å². The van der Waals surface area contributed by atoms with Gasteiger partial charge >= 0.3 is 5.97 Å². The van der Waals surface area contributed by atoms with Gasteiger partial charge in [-0.25, -0.2) is 4.79 Å². The Balaban J connectivity index is 1.97. The monoisotopic (exact) mass is 304 g/mol. The predicted octanol–water partition coefficient (Wildman–Crippen LogP) is 2.05. The van der Waals surface area contributed by atoms with E-state index in [1.807, 2.05) is 6.07 Å². The van der Waals surface area contributed by atoms with Gasteiger partial charge in [0.2, 0.25) is 5.91 Å². The number of amides is 1. The molecule has 1 saturated heterocycles. The Morgan fingerprint density at radius 1 is 1.18 bits per heavy atom. The van der Waals surface area contributed by atoms with E-state index in [4.69, 9.17) is 0 Å². The van der Waals surface area contributed by atoms with E-state index >= 15 is 0 Å². The molecule has 2 N–H and O–H groups in total. The van der Waals surface area contributed by atoms with Crippen molar-refractivity contribution in [3.63, 3.8) is 0 Å². The van der Waals surface area contributed by atoms with Crippen molar-refractivity contribution in [2.45, 2.75) is 38.8 Å². The highest BCUT2D eigenvalue weighted by molar-refractivity contribution is 5.85. The van der Waals surface area contributed by atoms with Crippen LogP contribution in [0.1, 0.15) is 38.3 Å². The first-order chi connectivity index (χ1) is 10.5. The van der Waals surface area contributed by atoms with Gasteiger partial charge in [-0.3, -0.25) is 4.79 Å². The molecule has 1 fully saturated rings. The molecule has 0 spiro atoms. The fraction of sp³-hybridized carbons (Fsp3) is 0.529. The summed E-state index contributed by atoms with van der Waals surface area (Å²) in [6.07, 6.45) is 1.57. The van der Waals surface area contributed by atoms with E-state index < -0.39 is 12.0 Å². The van der Waals surface area contributed by atoms with E-state index in [2.05, 4.69) is 24.1 Å². The summed E-state index contributed by atoms with van der Waals surface area (Å²) in [6, 6.07) is 8.33. The first-order valence-electron chi connectivity index (χ1n) is 7.81. The van der Waals surface area contributed by atoms with Gasteiger partial charge in [-0.1, -0.05) is 30.3 Å². The standard InChI is InChI=1S/C17H24N2O3/c1-12(2)19-10-8-14(9-11-19)16(20)18-15(17(21)22)13-6-4-3-5-7-13/h3-7,12,14-15H,8-11H2,1-2H3,(H,18,20)(H,21,22)/t15-/m0/s1. The lowest BCUT2D eigenvalue weighted by atomic mass is 9.94. The molecule has 1 aromatic carbocycles.